The summed E-state index contributed by atoms with van der Waals surface area (Å²) in [5.74, 6) is -0.836. The minimum atomic E-state index is -4.79. The molecule has 2 nitrogen and oxygen atoms in total. The summed E-state index contributed by atoms with van der Waals surface area (Å²) < 4.78 is 37.9. The van der Waals surface area contributed by atoms with Crippen LogP contribution in [-0.2, 0) is 6.54 Å². The van der Waals surface area contributed by atoms with E-state index in [2.05, 4.69) is 0 Å². The van der Waals surface area contributed by atoms with Gasteiger partial charge in [-0.15, -0.1) is 0 Å². The summed E-state index contributed by atoms with van der Waals surface area (Å²) in [5, 5.41) is 0. The summed E-state index contributed by atoms with van der Waals surface area (Å²) in [6, 6.07) is 1.20. The van der Waals surface area contributed by atoms with Gasteiger partial charge in [-0.2, -0.15) is 24.9 Å². The molecule has 0 fully saturated rings. The second-order valence-corrected chi connectivity index (χ2v) is 4.30. The predicted molar refractivity (Wildman–Crippen MR) is 57.8 cm³/mol. The highest BCUT2D eigenvalue weighted by Gasteiger charge is 2.39. The molecule has 0 aromatic carbocycles. The molecule has 0 aliphatic rings. The van der Waals surface area contributed by atoms with Crippen molar-refractivity contribution >= 4 is 17.5 Å². The van der Waals surface area contributed by atoms with Crippen LogP contribution in [-0.4, -0.2) is 28.5 Å². The number of aromatic nitrogens is 1. The quantitative estimate of drug-likeness (QED) is 0.593. The Morgan fingerprint density at radius 1 is 1.50 bits per heavy atom. The lowest BCUT2D eigenvalue weighted by Gasteiger charge is -2.03. The lowest BCUT2D eigenvalue weighted by molar-refractivity contribution is -0.0885. The number of carbonyl (C=O) groups is 1. The van der Waals surface area contributed by atoms with Crippen molar-refractivity contribution in [2.24, 2.45) is 0 Å². The van der Waals surface area contributed by atoms with Gasteiger partial charge in [0, 0.05) is 24.5 Å². The molecule has 1 rings (SSSR count). The van der Waals surface area contributed by atoms with Crippen LogP contribution in [0.25, 0.3) is 0 Å². The molecule has 0 saturated carbocycles. The number of carbonyl (C=O) groups excluding carboxylic acids is 1. The first-order chi connectivity index (χ1) is 7.45. The van der Waals surface area contributed by atoms with Gasteiger partial charge in [0.05, 0.1) is 0 Å². The SMILES string of the molecule is CSCCCn1ccc(C(=O)C(F)(F)F)c1. The number of rotatable bonds is 5. The van der Waals surface area contributed by atoms with E-state index in [1.807, 2.05) is 6.26 Å². The average molecular weight is 251 g/mol. The number of hydrogen-bond donors (Lipinski definition) is 0. The first kappa shape index (κ1) is 13.2. The monoisotopic (exact) mass is 251 g/mol. The summed E-state index contributed by atoms with van der Waals surface area (Å²) in [4.78, 5) is 10.9. The molecule has 0 N–H and O–H groups in total. The maximum atomic E-state index is 12.1. The molecule has 0 spiro atoms. The zero-order valence-corrected chi connectivity index (χ0v) is 9.57. The summed E-state index contributed by atoms with van der Waals surface area (Å²) in [5.41, 5.74) is -0.295. The van der Waals surface area contributed by atoms with Crippen molar-refractivity contribution in [1.29, 1.82) is 0 Å². The third-order valence-corrected chi connectivity index (χ3v) is 2.73. The molecule has 90 valence electrons. The van der Waals surface area contributed by atoms with Gasteiger partial charge in [0.1, 0.15) is 0 Å². The Labute approximate surface area is 95.8 Å². The van der Waals surface area contributed by atoms with Gasteiger partial charge in [-0.05, 0) is 24.5 Å². The maximum Gasteiger partial charge on any atom is 0.454 e. The standard InChI is InChI=1S/C10H12F3NOS/c1-16-6-2-4-14-5-3-8(7-14)9(15)10(11,12)13/h3,5,7H,2,4,6H2,1H3. The number of alkyl halides is 3. The largest absolute Gasteiger partial charge is 0.454 e. The van der Waals surface area contributed by atoms with Crippen LogP contribution in [0.1, 0.15) is 16.8 Å². The van der Waals surface area contributed by atoms with E-state index in [1.54, 1.807) is 16.3 Å². The van der Waals surface area contributed by atoms with Crippen LogP contribution in [0.15, 0.2) is 18.5 Å². The van der Waals surface area contributed by atoms with Crippen LogP contribution >= 0.6 is 11.8 Å². The van der Waals surface area contributed by atoms with Crippen LogP contribution < -0.4 is 0 Å². The molecule has 0 aliphatic heterocycles. The predicted octanol–water partition coefficient (Wildman–Crippen LogP) is 2.99. The lowest BCUT2D eigenvalue weighted by Crippen LogP contribution is -2.22. The molecule has 1 heterocycles. The minimum absolute atomic E-state index is 0.295. The Kier molecular flexibility index (Phi) is 4.46. The van der Waals surface area contributed by atoms with Gasteiger partial charge in [-0.1, -0.05) is 0 Å². The van der Waals surface area contributed by atoms with Crippen LogP contribution in [0.4, 0.5) is 13.2 Å². The Morgan fingerprint density at radius 2 is 2.19 bits per heavy atom. The number of halogens is 3. The fourth-order valence-electron chi connectivity index (χ4n) is 1.27. The summed E-state index contributed by atoms with van der Waals surface area (Å²) in [6.07, 6.45) is 0.796. The zero-order valence-electron chi connectivity index (χ0n) is 8.75. The highest BCUT2D eigenvalue weighted by molar-refractivity contribution is 7.98. The van der Waals surface area contributed by atoms with Crippen molar-refractivity contribution in [2.45, 2.75) is 19.1 Å². The molecule has 0 amide bonds. The third-order valence-electron chi connectivity index (χ3n) is 2.03. The zero-order chi connectivity index (χ0) is 12.2. The summed E-state index contributed by atoms with van der Waals surface area (Å²) in [7, 11) is 0. The van der Waals surface area contributed by atoms with Crippen LogP contribution in [0.3, 0.4) is 0 Å². The Bertz CT molecular complexity index is 359. The van der Waals surface area contributed by atoms with Crippen LogP contribution in [0, 0.1) is 0 Å². The smallest absolute Gasteiger partial charge is 0.353 e. The second-order valence-electron chi connectivity index (χ2n) is 3.31. The number of nitrogens with zero attached hydrogens (tertiary/aromatic N) is 1. The van der Waals surface area contributed by atoms with Gasteiger partial charge in [0.2, 0.25) is 0 Å². The van der Waals surface area contributed by atoms with Gasteiger partial charge in [0.25, 0.3) is 5.78 Å². The van der Waals surface area contributed by atoms with E-state index in [9.17, 15) is 18.0 Å². The van der Waals surface area contributed by atoms with Crippen molar-refractivity contribution in [2.75, 3.05) is 12.0 Å². The number of hydrogen-bond acceptors (Lipinski definition) is 2. The van der Waals surface area contributed by atoms with Gasteiger partial charge in [0.15, 0.2) is 0 Å². The van der Waals surface area contributed by atoms with Gasteiger partial charge in [-0.3, -0.25) is 4.79 Å². The van der Waals surface area contributed by atoms with E-state index in [0.717, 1.165) is 12.2 Å². The summed E-state index contributed by atoms with van der Waals surface area (Å²) >= 11 is 1.68. The highest BCUT2D eigenvalue weighted by atomic mass is 32.2. The molecule has 0 aliphatic carbocycles. The first-order valence-corrected chi connectivity index (χ1v) is 6.11. The van der Waals surface area contributed by atoms with Crippen molar-refractivity contribution in [3.05, 3.63) is 24.0 Å². The van der Waals surface area contributed by atoms with Crippen LogP contribution in [0.5, 0.6) is 0 Å². The molecular formula is C10H12F3NOS. The second kappa shape index (κ2) is 5.43. The number of aryl methyl sites for hydroxylation is 1. The molecule has 0 unspecified atom stereocenters. The Morgan fingerprint density at radius 3 is 2.75 bits per heavy atom. The number of Topliss-reactive ketones (excluding diaryl/α,β-unsaturated/α-hetero) is 1. The average Bonchev–Trinajstić information content (AvgIpc) is 2.64. The van der Waals surface area contributed by atoms with E-state index >= 15 is 0 Å². The van der Waals surface area contributed by atoms with Gasteiger partial charge in [-0.25, -0.2) is 0 Å². The Hall–Kier alpha value is -0.910. The highest BCUT2D eigenvalue weighted by Crippen LogP contribution is 2.21. The van der Waals surface area contributed by atoms with Crippen molar-refractivity contribution in [1.82, 2.24) is 4.57 Å². The molecular weight excluding hydrogens is 239 g/mol. The van der Waals surface area contributed by atoms with Crippen molar-refractivity contribution < 1.29 is 18.0 Å². The molecule has 6 heteroatoms. The number of ketones is 1. The number of thioether (sulfide) groups is 1. The molecule has 1 aromatic heterocycles. The third kappa shape index (κ3) is 3.59. The fourth-order valence-corrected chi connectivity index (χ4v) is 1.69. The van der Waals surface area contributed by atoms with Crippen molar-refractivity contribution in [3.8, 4) is 0 Å². The normalized spacial score (nSPS) is 11.8. The minimum Gasteiger partial charge on any atom is -0.353 e. The molecule has 0 radical (unpaired) electrons. The van der Waals surface area contributed by atoms with E-state index in [1.165, 1.54) is 18.5 Å². The van der Waals surface area contributed by atoms with E-state index < -0.39 is 12.0 Å². The van der Waals surface area contributed by atoms with E-state index in [0.29, 0.717) is 6.54 Å². The molecule has 0 bridgehead atoms. The topological polar surface area (TPSA) is 22.0 Å². The fraction of sp³-hybridized carbons (Fsp3) is 0.500. The van der Waals surface area contributed by atoms with Crippen molar-refractivity contribution in [3.63, 3.8) is 0 Å². The van der Waals surface area contributed by atoms with Gasteiger partial charge >= 0.3 is 6.18 Å². The van der Waals surface area contributed by atoms with Gasteiger partial charge < -0.3 is 4.57 Å². The molecule has 0 atom stereocenters. The Balaban J connectivity index is 2.61. The summed E-state index contributed by atoms with van der Waals surface area (Å²) in [6.45, 7) is 0.631. The van der Waals surface area contributed by atoms with E-state index in [-0.39, 0.29) is 5.56 Å². The maximum absolute atomic E-state index is 12.1. The van der Waals surface area contributed by atoms with E-state index in [4.69, 9.17) is 0 Å². The van der Waals surface area contributed by atoms with Crippen LogP contribution in [0.2, 0.25) is 0 Å². The lowest BCUT2D eigenvalue weighted by atomic mass is 10.2. The first-order valence-electron chi connectivity index (χ1n) is 4.71. The molecule has 0 saturated heterocycles. The molecule has 1 aromatic rings. The molecule has 16 heavy (non-hydrogen) atoms.